The van der Waals surface area contributed by atoms with Crippen LogP contribution >= 0.6 is 0 Å². The van der Waals surface area contributed by atoms with Gasteiger partial charge in [-0.05, 0) is 20.8 Å². The van der Waals surface area contributed by atoms with Gasteiger partial charge in [0.25, 0.3) is 0 Å². The Hall–Kier alpha value is -0.410. The Kier molecular flexibility index (Phi) is 4.55. The minimum absolute atomic E-state index is 0.303. The molecule has 3 heteroatoms. The predicted molar refractivity (Wildman–Crippen MR) is 56.4 cm³/mol. The van der Waals surface area contributed by atoms with Gasteiger partial charge in [0, 0.05) is 32.0 Å². The molecule has 1 aliphatic heterocycles. The topological polar surface area (TPSA) is 29.5 Å². The minimum atomic E-state index is 0.303. The highest BCUT2D eigenvalue weighted by atomic mass is 16.5. The van der Waals surface area contributed by atoms with Crippen LogP contribution in [-0.2, 0) is 9.53 Å². The number of hydrogen-bond donors (Lipinski definition) is 0. The molecule has 1 aliphatic rings. The number of Topliss-reactive ketones (excluding diaryl/α,β-unsaturated/α-hetero) is 1. The molecule has 0 aromatic carbocycles. The lowest BCUT2D eigenvalue weighted by Gasteiger charge is -2.32. The molecule has 1 unspecified atom stereocenters. The molecule has 0 N–H and O–H groups in total. The maximum atomic E-state index is 11.1. The summed E-state index contributed by atoms with van der Waals surface area (Å²) in [6, 6.07) is 0.395. The van der Waals surface area contributed by atoms with Gasteiger partial charge in [0.2, 0.25) is 0 Å². The normalized spacial score (nSPS) is 24.6. The maximum absolute atomic E-state index is 11.1. The molecule has 1 heterocycles. The molecule has 1 rings (SSSR count). The van der Waals surface area contributed by atoms with Crippen LogP contribution < -0.4 is 0 Å². The van der Waals surface area contributed by atoms with Crippen LogP contribution in [0.2, 0.25) is 0 Å². The molecule has 1 saturated heterocycles. The van der Waals surface area contributed by atoms with E-state index in [0.29, 0.717) is 30.8 Å². The second-order valence-corrected chi connectivity index (χ2v) is 4.30. The highest BCUT2D eigenvalue weighted by molar-refractivity contribution is 5.79. The van der Waals surface area contributed by atoms with E-state index in [2.05, 4.69) is 11.8 Å². The summed E-state index contributed by atoms with van der Waals surface area (Å²) >= 11 is 0. The SMILES string of the molecule is CC(C)OCCN1CCC(=O)CC1C. The second kappa shape index (κ2) is 5.47. The fourth-order valence-corrected chi connectivity index (χ4v) is 1.79. The van der Waals surface area contributed by atoms with Gasteiger partial charge in [0.1, 0.15) is 5.78 Å². The number of ether oxygens (including phenoxy) is 1. The van der Waals surface area contributed by atoms with Crippen LogP contribution in [-0.4, -0.2) is 42.5 Å². The third kappa shape index (κ3) is 3.76. The van der Waals surface area contributed by atoms with E-state index in [1.165, 1.54) is 0 Å². The summed E-state index contributed by atoms with van der Waals surface area (Å²) in [6.45, 7) is 8.84. The highest BCUT2D eigenvalue weighted by Gasteiger charge is 2.22. The lowest BCUT2D eigenvalue weighted by Crippen LogP contribution is -2.42. The summed E-state index contributed by atoms with van der Waals surface area (Å²) < 4.78 is 5.49. The summed E-state index contributed by atoms with van der Waals surface area (Å²) in [4.78, 5) is 13.5. The third-order valence-corrected chi connectivity index (χ3v) is 2.65. The number of likely N-dealkylation sites (tertiary alicyclic amines) is 1. The lowest BCUT2D eigenvalue weighted by molar-refractivity contribution is -0.123. The Bertz CT molecular complexity index is 192. The molecule has 0 amide bonds. The first-order valence-electron chi connectivity index (χ1n) is 5.47. The molecule has 3 nitrogen and oxygen atoms in total. The van der Waals surface area contributed by atoms with Gasteiger partial charge in [0.05, 0.1) is 12.7 Å². The van der Waals surface area contributed by atoms with E-state index in [0.717, 1.165) is 19.7 Å². The van der Waals surface area contributed by atoms with Crippen molar-refractivity contribution in [3.05, 3.63) is 0 Å². The van der Waals surface area contributed by atoms with Crippen molar-refractivity contribution in [3.63, 3.8) is 0 Å². The van der Waals surface area contributed by atoms with E-state index >= 15 is 0 Å². The van der Waals surface area contributed by atoms with Crippen molar-refractivity contribution in [2.24, 2.45) is 0 Å². The lowest BCUT2D eigenvalue weighted by atomic mass is 10.0. The van der Waals surface area contributed by atoms with E-state index in [4.69, 9.17) is 4.74 Å². The van der Waals surface area contributed by atoms with Crippen LogP contribution in [0, 0.1) is 0 Å². The molecule has 0 saturated carbocycles. The van der Waals surface area contributed by atoms with Crippen molar-refractivity contribution in [1.82, 2.24) is 4.90 Å². The smallest absolute Gasteiger partial charge is 0.135 e. The fraction of sp³-hybridized carbons (Fsp3) is 0.909. The highest BCUT2D eigenvalue weighted by Crippen LogP contribution is 2.13. The summed E-state index contributed by atoms with van der Waals surface area (Å²) in [5, 5.41) is 0. The van der Waals surface area contributed by atoms with Gasteiger partial charge >= 0.3 is 0 Å². The van der Waals surface area contributed by atoms with Crippen LogP contribution in [0.25, 0.3) is 0 Å². The number of nitrogens with zero attached hydrogens (tertiary/aromatic N) is 1. The third-order valence-electron chi connectivity index (χ3n) is 2.65. The van der Waals surface area contributed by atoms with Crippen molar-refractivity contribution in [1.29, 1.82) is 0 Å². The first-order chi connectivity index (χ1) is 6.59. The van der Waals surface area contributed by atoms with Crippen molar-refractivity contribution in [2.75, 3.05) is 19.7 Å². The molecule has 1 fully saturated rings. The molecule has 1 atom stereocenters. The van der Waals surface area contributed by atoms with Crippen LogP contribution in [0.15, 0.2) is 0 Å². The van der Waals surface area contributed by atoms with Crippen LogP contribution in [0.1, 0.15) is 33.6 Å². The van der Waals surface area contributed by atoms with Crippen LogP contribution in [0.5, 0.6) is 0 Å². The largest absolute Gasteiger partial charge is 0.377 e. The molecule has 0 bridgehead atoms. The number of piperidine rings is 1. The van der Waals surface area contributed by atoms with E-state index in [1.54, 1.807) is 0 Å². The fourth-order valence-electron chi connectivity index (χ4n) is 1.79. The molecule has 0 aliphatic carbocycles. The van der Waals surface area contributed by atoms with Crippen LogP contribution in [0.4, 0.5) is 0 Å². The summed E-state index contributed by atoms with van der Waals surface area (Å²) in [6.07, 6.45) is 1.73. The molecule has 0 aromatic rings. The van der Waals surface area contributed by atoms with Gasteiger partial charge in [-0.25, -0.2) is 0 Å². The Morgan fingerprint density at radius 3 is 2.86 bits per heavy atom. The van der Waals surface area contributed by atoms with Gasteiger partial charge < -0.3 is 4.74 Å². The number of ketones is 1. The maximum Gasteiger partial charge on any atom is 0.135 e. The van der Waals surface area contributed by atoms with Gasteiger partial charge in [-0.1, -0.05) is 0 Å². The molecule has 14 heavy (non-hydrogen) atoms. The summed E-state index contributed by atoms with van der Waals surface area (Å²) in [5.41, 5.74) is 0. The first kappa shape index (κ1) is 11.7. The predicted octanol–water partition coefficient (Wildman–Crippen LogP) is 1.46. The van der Waals surface area contributed by atoms with Crippen LogP contribution in [0.3, 0.4) is 0 Å². The van der Waals surface area contributed by atoms with Gasteiger partial charge in [-0.15, -0.1) is 0 Å². The molecule has 82 valence electrons. The molecule has 0 aromatic heterocycles. The van der Waals surface area contributed by atoms with Gasteiger partial charge in [-0.2, -0.15) is 0 Å². The zero-order valence-electron chi connectivity index (χ0n) is 9.45. The number of carbonyl (C=O) groups excluding carboxylic acids is 1. The van der Waals surface area contributed by atoms with E-state index in [9.17, 15) is 4.79 Å². The van der Waals surface area contributed by atoms with Crippen molar-refractivity contribution in [2.45, 2.75) is 45.8 Å². The Morgan fingerprint density at radius 2 is 2.29 bits per heavy atom. The van der Waals surface area contributed by atoms with Gasteiger partial charge in [0.15, 0.2) is 0 Å². The van der Waals surface area contributed by atoms with Crippen molar-refractivity contribution in [3.8, 4) is 0 Å². The summed E-state index contributed by atoms with van der Waals surface area (Å²) in [7, 11) is 0. The molecule has 0 spiro atoms. The van der Waals surface area contributed by atoms with E-state index in [-0.39, 0.29) is 0 Å². The Labute approximate surface area is 86.4 Å². The second-order valence-electron chi connectivity index (χ2n) is 4.30. The monoisotopic (exact) mass is 199 g/mol. The molecular weight excluding hydrogens is 178 g/mol. The molecule has 0 radical (unpaired) electrons. The Morgan fingerprint density at radius 1 is 1.57 bits per heavy atom. The zero-order valence-corrected chi connectivity index (χ0v) is 9.45. The zero-order chi connectivity index (χ0) is 10.6. The number of carbonyl (C=O) groups is 1. The molecular formula is C11H21NO2. The summed E-state index contributed by atoms with van der Waals surface area (Å²) in [5.74, 6) is 0.401. The van der Waals surface area contributed by atoms with Gasteiger partial charge in [-0.3, -0.25) is 9.69 Å². The number of hydrogen-bond acceptors (Lipinski definition) is 3. The van der Waals surface area contributed by atoms with Crippen molar-refractivity contribution < 1.29 is 9.53 Å². The standard InChI is InChI=1S/C11H21NO2/c1-9(2)14-7-6-12-5-4-11(13)8-10(12)3/h9-10H,4-8H2,1-3H3. The Balaban J connectivity index is 2.20. The quantitative estimate of drug-likeness (QED) is 0.686. The minimum Gasteiger partial charge on any atom is -0.377 e. The first-order valence-corrected chi connectivity index (χ1v) is 5.47. The average molecular weight is 199 g/mol. The van der Waals surface area contributed by atoms with Crippen molar-refractivity contribution >= 4 is 5.78 Å². The number of rotatable bonds is 4. The van der Waals surface area contributed by atoms with E-state index < -0.39 is 0 Å². The average Bonchev–Trinajstić information content (AvgIpc) is 2.08. The van der Waals surface area contributed by atoms with E-state index in [1.807, 2.05) is 13.8 Å².